The molecule has 3 aromatic carbocycles. The van der Waals surface area contributed by atoms with Gasteiger partial charge in [0.2, 0.25) is 0 Å². The number of phenolic OH excluding ortho intramolecular Hbond substituents is 1. The number of rotatable bonds is 7. The predicted molar refractivity (Wildman–Crippen MR) is 155 cm³/mol. The minimum atomic E-state index is -0.192. The number of aromatic hydroxyl groups is 1. The zero-order chi connectivity index (χ0) is 27.4. The largest absolute Gasteiger partial charge is 0.506 e. The van der Waals surface area contributed by atoms with Gasteiger partial charge in [0.15, 0.2) is 0 Å². The van der Waals surface area contributed by atoms with Gasteiger partial charge >= 0.3 is 0 Å². The first-order chi connectivity index (χ1) is 18.9. The van der Waals surface area contributed by atoms with Crippen molar-refractivity contribution in [2.75, 3.05) is 0 Å². The van der Waals surface area contributed by atoms with E-state index < -0.39 is 0 Å². The summed E-state index contributed by atoms with van der Waals surface area (Å²) in [4.78, 5) is 29.9. The monoisotopic (exact) mass is 521 g/mol. The van der Waals surface area contributed by atoms with Crippen molar-refractivity contribution in [2.45, 2.75) is 52.1 Å². The van der Waals surface area contributed by atoms with Crippen LogP contribution in [0.3, 0.4) is 0 Å². The summed E-state index contributed by atoms with van der Waals surface area (Å²) < 4.78 is 0. The number of pyridine rings is 1. The molecule has 1 fully saturated rings. The second kappa shape index (κ2) is 11.7. The van der Waals surface area contributed by atoms with Crippen LogP contribution in [0.25, 0.3) is 22.0 Å². The molecular weight excluding hydrogens is 486 g/mol. The van der Waals surface area contributed by atoms with Crippen molar-refractivity contribution in [1.82, 2.24) is 15.6 Å². The molecule has 0 aliphatic heterocycles. The van der Waals surface area contributed by atoms with Gasteiger partial charge in [-0.25, -0.2) is 0 Å². The number of hydrogen-bond acceptors (Lipinski definition) is 4. The molecule has 1 saturated carbocycles. The number of hydrogen-bond donors (Lipinski definition) is 3. The number of aromatic nitrogens is 1. The van der Waals surface area contributed by atoms with Crippen LogP contribution >= 0.6 is 0 Å². The Kier molecular flexibility index (Phi) is 7.92. The van der Waals surface area contributed by atoms with E-state index >= 15 is 0 Å². The average molecular weight is 522 g/mol. The summed E-state index contributed by atoms with van der Waals surface area (Å²) >= 11 is 0. The van der Waals surface area contributed by atoms with E-state index in [2.05, 4.69) is 29.5 Å². The summed E-state index contributed by atoms with van der Waals surface area (Å²) in [6, 6.07) is 22.3. The molecule has 4 aromatic rings. The molecule has 1 heterocycles. The van der Waals surface area contributed by atoms with E-state index in [1.54, 1.807) is 18.3 Å². The van der Waals surface area contributed by atoms with Crippen LogP contribution in [0.15, 0.2) is 79.0 Å². The number of nitrogens with one attached hydrogen (secondary N) is 2. The van der Waals surface area contributed by atoms with Crippen LogP contribution in [0.4, 0.5) is 0 Å². The highest BCUT2D eigenvalue weighted by atomic mass is 16.3. The Bertz CT molecular complexity index is 1470. The Balaban J connectivity index is 1.17. The molecule has 5 rings (SSSR count). The van der Waals surface area contributed by atoms with Crippen LogP contribution < -0.4 is 10.6 Å². The smallest absolute Gasteiger partial charge is 0.251 e. The molecule has 39 heavy (non-hydrogen) atoms. The summed E-state index contributed by atoms with van der Waals surface area (Å²) in [5.41, 5.74) is 4.27. The van der Waals surface area contributed by atoms with Gasteiger partial charge in [0.25, 0.3) is 11.8 Å². The van der Waals surface area contributed by atoms with Crippen LogP contribution in [-0.2, 0) is 6.54 Å². The Labute approximate surface area is 229 Å². The number of benzene rings is 3. The molecule has 3 N–H and O–H groups in total. The van der Waals surface area contributed by atoms with Gasteiger partial charge in [-0.1, -0.05) is 44.2 Å². The third kappa shape index (κ3) is 6.28. The lowest BCUT2D eigenvalue weighted by atomic mass is 9.79. The lowest BCUT2D eigenvalue weighted by Gasteiger charge is -2.31. The topological polar surface area (TPSA) is 91.3 Å². The standard InChI is InChI=1S/C33H35N3O3/c1-21(2)23-12-14-29(15-13-23)36-33(39)24-10-8-22(9-11-24)20-35-32(38)27-6-3-5-25(17-27)28-18-26-7-4-16-34-31(26)30(37)19-28/h3-11,16-19,21,23,29,37H,12-15,20H2,1-2H3,(H,35,38)(H,36,39). The molecule has 0 unspecified atom stereocenters. The Morgan fingerprint density at radius 3 is 2.38 bits per heavy atom. The van der Waals surface area contributed by atoms with Gasteiger partial charge in [0, 0.05) is 35.3 Å². The molecule has 1 aliphatic rings. The van der Waals surface area contributed by atoms with Crippen molar-refractivity contribution in [1.29, 1.82) is 0 Å². The van der Waals surface area contributed by atoms with E-state index in [0.717, 1.165) is 40.8 Å². The van der Waals surface area contributed by atoms with E-state index in [1.165, 1.54) is 12.8 Å². The molecule has 2 amide bonds. The summed E-state index contributed by atoms with van der Waals surface area (Å²) in [6.07, 6.45) is 6.07. The molecule has 1 aromatic heterocycles. The summed E-state index contributed by atoms with van der Waals surface area (Å²) in [6.45, 7) is 4.91. The third-order valence-electron chi connectivity index (χ3n) is 7.86. The first kappa shape index (κ1) is 26.4. The van der Waals surface area contributed by atoms with E-state index in [1.807, 2.05) is 60.7 Å². The highest BCUT2D eigenvalue weighted by Crippen LogP contribution is 2.31. The maximum absolute atomic E-state index is 12.9. The maximum Gasteiger partial charge on any atom is 0.251 e. The maximum atomic E-state index is 12.9. The molecular formula is C33H35N3O3. The number of carbonyl (C=O) groups excluding carboxylic acids is 2. The van der Waals surface area contributed by atoms with Gasteiger partial charge in [-0.05, 0) is 96.7 Å². The highest BCUT2D eigenvalue weighted by molar-refractivity contribution is 5.96. The molecule has 6 nitrogen and oxygen atoms in total. The molecule has 0 radical (unpaired) electrons. The molecule has 1 aliphatic carbocycles. The molecule has 0 atom stereocenters. The molecule has 0 bridgehead atoms. The van der Waals surface area contributed by atoms with Gasteiger partial charge in [-0.15, -0.1) is 0 Å². The number of nitrogens with zero attached hydrogens (tertiary/aromatic N) is 1. The first-order valence-electron chi connectivity index (χ1n) is 13.7. The normalized spacial score (nSPS) is 17.2. The number of fused-ring (bicyclic) bond motifs is 1. The minimum absolute atomic E-state index is 0.0362. The molecule has 200 valence electrons. The van der Waals surface area contributed by atoms with Crippen LogP contribution in [0, 0.1) is 11.8 Å². The van der Waals surface area contributed by atoms with Gasteiger partial charge in [0.1, 0.15) is 11.3 Å². The Morgan fingerprint density at radius 1 is 0.872 bits per heavy atom. The SMILES string of the molecule is CC(C)C1CCC(NC(=O)c2ccc(CNC(=O)c3cccc(-c4cc(O)c5ncccc5c4)c3)cc2)CC1. The zero-order valence-corrected chi connectivity index (χ0v) is 22.5. The van der Waals surface area contributed by atoms with Crippen molar-refractivity contribution in [3.05, 3.63) is 95.7 Å². The lowest BCUT2D eigenvalue weighted by molar-refractivity contribution is 0.0915. The van der Waals surface area contributed by atoms with Gasteiger partial charge in [0.05, 0.1) is 0 Å². The van der Waals surface area contributed by atoms with Gasteiger partial charge in [-0.2, -0.15) is 0 Å². The van der Waals surface area contributed by atoms with Crippen molar-refractivity contribution in [2.24, 2.45) is 11.8 Å². The van der Waals surface area contributed by atoms with Crippen LogP contribution in [0.1, 0.15) is 65.8 Å². The third-order valence-corrected chi connectivity index (χ3v) is 7.86. The number of phenols is 1. The highest BCUT2D eigenvalue weighted by Gasteiger charge is 2.24. The molecule has 0 saturated heterocycles. The van der Waals surface area contributed by atoms with Crippen LogP contribution in [-0.4, -0.2) is 27.9 Å². The Morgan fingerprint density at radius 2 is 1.64 bits per heavy atom. The summed E-state index contributed by atoms with van der Waals surface area (Å²) in [7, 11) is 0. The average Bonchev–Trinajstić information content (AvgIpc) is 2.96. The summed E-state index contributed by atoms with van der Waals surface area (Å²) in [5.74, 6) is 1.34. The quantitative estimate of drug-likeness (QED) is 0.260. The van der Waals surface area contributed by atoms with E-state index in [0.29, 0.717) is 29.1 Å². The minimum Gasteiger partial charge on any atom is -0.506 e. The van der Waals surface area contributed by atoms with Crippen molar-refractivity contribution in [3.63, 3.8) is 0 Å². The summed E-state index contributed by atoms with van der Waals surface area (Å²) in [5, 5.41) is 17.4. The van der Waals surface area contributed by atoms with Gasteiger partial charge in [-0.3, -0.25) is 14.6 Å². The van der Waals surface area contributed by atoms with E-state index in [9.17, 15) is 14.7 Å². The zero-order valence-electron chi connectivity index (χ0n) is 22.5. The first-order valence-corrected chi connectivity index (χ1v) is 13.7. The van der Waals surface area contributed by atoms with Crippen molar-refractivity contribution < 1.29 is 14.7 Å². The van der Waals surface area contributed by atoms with Crippen LogP contribution in [0.2, 0.25) is 0 Å². The van der Waals surface area contributed by atoms with Crippen molar-refractivity contribution in [3.8, 4) is 16.9 Å². The second-order valence-corrected chi connectivity index (χ2v) is 10.9. The second-order valence-electron chi connectivity index (χ2n) is 10.9. The lowest BCUT2D eigenvalue weighted by Crippen LogP contribution is -2.38. The number of carbonyl (C=O) groups is 2. The Hall–Kier alpha value is -4.19. The number of amides is 2. The fourth-order valence-electron chi connectivity index (χ4n) is 5.44. The molecule has 0 spiro atoms. The fourth-order valence-corrected chi connectivity index (χ4v) is 5.44. The van der Waals surface area contributed by atoms with E-state index in [-0.39, 0.29) is 23.6 Å². The van der Waals surface area contributed by atoms with E-state index in [4.69, 9.17) is 0 Å². The fraction of sp³-hybridized carbons (Fsp3) is 0.303. The molecule has 6 heteroatoms. The van der Waals surface area contributed by atoms with Gasteiger partial charge < -0.3 is 15.7 Å². The van der Waals surface area contributed by atoms with Crippen LogP contribution in [0.5, 0.6) is 5.75 Å². The van der Waals surface area contributed by atoms with Crippen molar-refractivity contribution >= 4 is 22.7 Å². The predicted octanol–water partition coefficient (Wildman–Crippen LogP) is 6.48.